The van der Waals surface area contributed by atoms with Gasteiger partial charge in [-0.1, -0.05) is 34.1 Å². The normalized spacial score (nSPS) is 18.0. The van der Waals surface area contributed by atoms with E-state index >= 15 is 0 Å². The Balaban J connectivity index is 2.30. The molecular weight excluding hydrogens is 281 g/mol. The summed E-state index contributed by atoms with van der Waals surface area (Å²) >= 11 is 2.71. The summed E-state index contributed by atoms with van der Waals surface area (Å²) in [6, 6.07) is 5.11. The fraction of sp³-hybridized carbons (Fsp3) is 0.500. The molecule has 1 aliphatic rings. The van der Waals surface area contributed by atoms with E-state index in [0.717, 1.165) is 31.2 Å². The largest absolute Gasteiger partial charge is 0.405 e. The first kappa shape index (κ1) is 12.0. The lowest BCUT2D eigenvalue weighted by Crippen LogP contribution is -2.16. The van der Waals surface area contributed by atoms with Crippen LogP contribution in [-0.4, -0.2) is 6.18 Å². The lowest BCUT2D eigenvalue weighted by molar-refractivity contribution is -0.128. The first-order valence-electron chi connectivity index (χ1n) is 5.31. The molecule has 1 aromatic carbocycles. The topological polar surface area (TPSA) is 0 Å². The van der Waals surface area contributed by atoms with Crippen LogP contribution in [0.3, 0.4) is 0 Å². The number of fused-ring (bicyclic) bond motifs is 1. The minimum atomic E-state index is -4.22. The van der Waals surface area contributed by atoms with E-state index in [-0.39, 0.29) is 0 Å². The Hall–Kier alpha value is -0.510. The highest BCUT2D eigenvalue weighted by molar-refractivity contribution is 9.09. The van der Waals surface area contributed by atoms with Gasteiger partial charge in [0.25, 0.3) is 0 Å². The van der Waals surface area contributed by atoms with E-state index in [0.29, 0.717) is 5.56 Å². The molecule has 0 aromatic heterocycles. The highest BCUT2D eigenvalue weighted by Crippen LogP contribution is 2.40. The van der Waals surface area contributed by atoms with E-state index in [1.807, 2.05) is 6.07 Å². The van der Waals surface area contributed by atoms with Gasteiger partial charge in [0.2, 0.25) is 0 Å². The molecule has 0 saturated carbocycles. The monoisotopic (exact) mass is 292 g/mol. The lowest BCUT2D eigenvalue weighted by Gasteiger charge is -2.19. The van der Waals surface area contributed by atoms with Gasteiger partial charge >= 0.3 is 6.18 Å². The van der Waals surface area contributed by atoms with E-state index in [1.54, 1.807) is 12.1 Å². The van der Waals surface area contributed by atoms with Crippen LogP contribution in [0.1, 0.15) is 34.4 Å². The van der Waals surface area contributed by atoms with Gasteiger partial charge in [0, 0.05) is 0 Å². The van der Waals surface area contributed by atoms with Crippen molar-refractivity contribution in [1.29, 1.82) is 0 Å². The lowest BCUT2D eigenvalue weighted by atomic mass is 9.90. The third-order valence-electron chi connectivity index (χ3n) is 2.95. The molecule has 0 amide bonds. The predicted octanol–water partition coefficient (Wildman–Crippen LogP) is 4.56. The van der Waals surface area contributed by atoms with Gasteiger partial charge in [-0.25, -0.2) is 0 Å². The first-order valence-corrected chi connectivity index (χ1v) is 6.22. The highest BCUT2D eigenvalue weighted by Gasteiger charge is 2.38. The van der Waals surface area contributed by atoms with Crippen LogP contribution in [0.2, 0.25) is 0 Å². The van der Waals surface area contributed by atoms with Gasteiger partial charge in [-0.05, 0) is 42.4 Å². The smallest absolute Gasteiger partial charge is 0.169 e. The van der Waals surface area contributed by atoms with Crippen LogP contribution in [-0.2, 0) is 12.8 Å². The number of rotatable bonds is 1. The Kier molecular flexibility index (Phi) is 3.29. The molecule has 1 unspecified atom stereocenters. The Labute approximate surface area is 101 Å². The van der Waals surface area contributed by atoms with Gasteiger partial charge in [0.05, 0.1) is 0 Å². The van der Waals surface area contributed by atoms with Crippen molar-refractivity contribution in [1.82, 2.24) is 0 Å². The molecule has 0 N–H and O–H groups in total. The molecule has 0 heterocycles. The molecule has 0 radical (unpaired) electrons. The Morgan fingerprint density at radius 1 is 1.06 bits per heavy atom. The van der Waals surface area contributed by atoms with Gasteiger partial charge in [-0.3, -0.25) is 0 Å². The van der Waals surface area contributed by atoms with Crippen molar-refractivity contribution < 1.29 is 13.2 Å². The van der Waals surface area contributed by atoms with Crippen LogP contribution in [0, 0.1) is 0 Å². The maximum atomic E-state index is 12.5. The number of aryl methyl sites for hydroxylation is 2. The van der Waals surface area contributed by atoms with Crippen LogP contribution in [0.5, 0.6) is 0 Å². The fourth-order valence-electron chi connectivity index (χ4n) is 2.10. The van der Waals surface area contributed by atoms with Crippen molar-refractivity contribution in [3.63, 3.8) is 0 Å². The zero-order chi connectivity index (χ0) is 11.8. The average molecular weight is 293 g/mol. The molecule has 1 aliphatic carbocycles. The van der Waals surface area contributed by atoms with Crippen LogP contribution >= 0.6 is 15.9 Å². The van der Waals surface area contributed by atoms with Crippen LogP contribution in [0.25, 0.3) is 0 Å². The van der Waals surface area contributed by atoms with Crippen LogP contribution < -0.4 is 0 Å². The summed E-state index contributed by atoms with van der Waals surface area (Å²) in [6.07, 6.45) is -0.100. The third kappa shape index (κ3) is 2.42. The molecule has 0 fully saturated rings. The zero-order valence-corrected chi connectivity index (χ0v) is 10.2. The molecule has 0 spiro atoms. The summed E-state index contributed by atoms with van der Waals surface area (Å²) in [5.41, 5.74) is 2.60. The fourth-order valence-corrected chi connectivity index (χ4v) is 2.38. The van der Waals surface area contributed by atoms with Crippen molar-refractivity contribution in [3.05, 3.63) is 34.9 Å². The van der Waals surface area contributed by atoms with Crippen LogP contribution in [0.15, 0.2) is 18.2 Å². The van der Waals surface area contributed by atoms with E-state index in [4.69, 9.17) is 0 Å². The molecule has 0 bridgehead atoms. The van der Waals surface area contributed by atoms with Gasteiger partial charge in [0.1, 0.15) is 4.83 Å². The highest BCUT2D eigenvalue weighted by atomic mass is 79.9. The quantitative estimate of drug-likeness (QED) is 0.666. The van der Waals surface area contributed by atoms with Crippen molar-refractivity contribution >= 4 is 15.9 Å². The first-order chi connectivity index (χ1) is 7.48. The predicted molar refractivity (Wildman–Crippen MR) is 60.8 cm³/mol. The van der Waals surface area contributed by atoms with Gasteiger partial charge in [-0.15, -0.1) is 0 Å². The molecule has 4 heteroatoms. The van der Waals surface area contributed by atoms with E-state index in [9.17, 15) is 13.2 Å². The van der Waals surface area contributed by atoms with E-state index < -0.39 is 11.0 Å². The molecule has 1 aromatic rings. The van der Waals surface area contributed by atoms with E-state index in [1.165, 1.54) is 5.56 Å². The number of hydrogen-bond donors (Lipinski definition) is 0. The Morgan fingerprint density at radius 3 is 2.31 bits per heavy atom. The summed E-state index contributed by atoms with van der Waals surface area (Å²) in [5, 5.41) is 0. The molecule has 2 rings (SSSR count). The standard InChI is InChI=1S/C12H12BrF3/c13-11(12(14,15)16)10-6-5-8-3-1-2-4-9(8)7-10/h5-7,11H,1-4H2. The third-order valence-corrected chi connectivity index (χ3v) is 4.00. The van der Waals surface area contributed by atoms with Gasteiger partial charge in [0.15, 0.2) is 0 Å². The second-order valence-corrected chi connectivity index (χ2v) is 5.06. The molecule has 0 saturated heterocycles. The van der Waals surface area contributed by atoms with Crippen molar-refractivity contribution in [2.24, 2.45) is 0 Å². The summed E-state index contributed by atoms with van der Waals surface area (Å²) < 4.78 is 37.6. The molecule has 88 valence electrons. The Bertz CT molecular complexity index is 384. The van der Waals surface area contributed by atoms with Crippen molar-refractivity contribution in [2.75, 3.05) is 0 Å². The SMILES string of the molecule is FC(F)(F)C(Br)c1ccc2c(c1)CCCC2. The summed E-state index contributed by atoms with van der Waals surface area (Å²) in [5.74, 6) is 0. The number of benzene rings is 1. The second-order valence-electron chi connectivity index (χ2n) is 4.14. The maximum Gasteiger partial charge on any atom is 0.405 e. The summed E-state index contributed by atoms with van der Waals surface area (Å²) in [4.78, 5) is -1.55. The van der Waals surface area contributed by atoms with Gasteiger partial charge < -0.3 is 0 Å². The van der Waals surface area contributed by atoms with Gasteiger partial charge in [-0.2, -0.15) is 13.2 Å². The van der Waals surface area contributed by atoms with Crippen molar-refractivity contribution in [3.8, 4) is 0 Å². The molecular formula is C12H12BrF3. The number of hydrogen-bond acceptors (Lipinski definition) is 0. The van der Waals surface area contributed by atoms with Crippen molar-refractivity contribution in [2.45, 2.75) is 36.7 Å². The zero-order valence-electron chi connectivity index (χ0n) is 8.65. The molecule has 0 nitrogen and oxygen atoms in total. The minimum absolute atomic E-state index is 0.313. The average Bonchev–Trinajstić information content (AvgIpc) is 2.26. The summed E-state index contributed by atoms with van der Waals surface area (Å²) in [7, 11) is 0. The summed E-state index contributed by atoms with van der Waals surface area (Å²) in [6.45, 7) is 0. The second kappa shape index (κ2) is 4.40. The minimum Gasteiger partial charge on any atom is -0.169 e. The van der Waals surface area contributed by atoms with E-state index in [2.05, 4.69) is 15.9 Å². The van der Waals surface area contributed by atoms with Crippen LogP contribution in [0.4, 0.5) is 13.2 Å². The number of halogens is 4. The number of alkyl halides is 4. The maximum absolute atomic E-state index is 12.5. The Morgan fingerprint density at radius 2 is 1.69 bits per heavy atom. The molecule has 1 atom stereocenters. The molecule has 16 heavy (non-hydrogen) atoms. The molecule has 0 aliphatic heterocycles.